The summed E-state index contributed by atoms with van der Waals surface area (Å²) in [6.45, 7) is 12.4. The Bertz CT molecular complexity index is 409. The molecule has 1 aromatic heterocycles. The van der Waals surface area contributed by atoms with Gasteiger partial charge in [-0.15, -0.1) is 0 Å². The molecule has 1 heterocycles. The highest BCUT2D eigenvalue weighted by atomic mass is 15.3. The van der Waals surface area contributed by atoms with E-state index in [1.54, 1.807) is 0 Å². The van der Waals surface area contributed by atoms with E-state index in [1.807, 2.05) is 0 Å². The summed E-state index contributed by atoms with van der Waals surface area (Å²) in [4.78, 5) is 0. The fraction of sp³-hybridized carbons (Fsp3) is 0.833. The molecule has 1 rings (SSSR count). The molecule has 0 aliphatic rings. The maximum absolute atomic E-state index is 4.62. The second kappa shape index (κ2) is 8.57. The Morgan fingerprint density at radius 1 is 1.29 bits per heavy atom. The van der Waals surface area contributed by atoms with Gasteiger partial charge in [-0.25, -0.2) is 0 Å². The monoisotopic (exact) mass is 293 g/mol. The molecule has 1 unspecified atom stereocenters. The van der Waals surface area contributed by atoms with Gasteiger partial charge in [0.05, 0.1) is 5.69 Å². The smallest absolute Gasteiger partial charge is 0.0624 e. The third-order valence-electron chi connectivity index (χ3n) is 4.64. The molecule has 3 nitrogen and oxygen atoms in total. The van der Waals surface area contributed by atoms with Gasteiger partial charge in [0.1, 0.15) is 0 Å². The number of hydrogen-bond acceptors (Lipinski definition) is 2. The molecule has 0 amide bonds. The number of aromatic nitrogens is 2. The Labute approximate surface area is 131 Å². The molecule has 0 aliphatic heterocycles. The van der Waals surface area contributed by atoms with Crippen molar-refractivity contribution in [1.29, 1.82) is 0 Å². The van der Waals surface area contributed by atoms with E-state index in [-0.39, 0.29) is 0 Å². The van der Waals surface area contributed by atoms with Crippen molar-refractivity contribution in [3.63, 3.8) is 0 Å². The first-order chi connectivity index (χ1) is 9.96. The predicted octanol–water partition coefficient (Wildman–Crippen LogP) is 4.11. The molecule has 1 aromatic rings. The lowest BCUT2D eigenvalue weighted by atomic mass is 9.76. The summed E-state index contributed by atoms with van der Waals surface area (Å²) in [5.41, 5.74) is 2.96. The van der Waals surface area contributed by atoms with E-state index in [9.17, 15) is 0 Å². The van der Waals surface area contributed by atoms with Crippen molar-refractivity contribution in [2.75, 3.05) is 6.54 Å². The van der Waals surface area contributed by atoms with Crippen LogP contribution in [0.15, 0.2) is 6.07 Å². The minimum Gasteiger partial charge on any atom is -0.314 e. The van der Waals surface area contributed by atoms with Crippen molar-refractivity contribution >= 4 is 0 Å². The van der Waals surface area contributed by atoms with Gasteiger partial charge in [0.2, 0.25) is 0 Å². The Hall–Kier alpha value is -0.830. The van der Waals surface area contributed by atoms with Crippen molar-refractivity contribution in [2.45, 2.75) is 79.2 Å². The maximum Gasteiger partial charge on any atom is 0.0624 e. The molecule has 1 atom stereocenters. The lowest BCUT2D eigenvalue weighted by Gasteiger charge is -2.34. The zero-order valence-corrected chi connectivity index (χ0v) is 15.0. The van der Waals surface area contributed by atoms with Gasteiger partial charge in [-0.2, -0.15) is 5.10 Å². The number of rotatable bonds is 10. The van der Waals surface area contributed by atoms with Gasteiger partial charge in [0.15, 0.2) is 0 Å². The fourth-order valence-electron chi connectivity index (χ4n) is 2.93. The summed E-state index contributed by atoms with van der Waals surface area (Å²) < 4.78 is 2.09. The zero-order valence-electron chi connectivity index (χ0n) is 15.0. The Morgan fingerprint density at radius 3 is 2.48 bits per heavy atom. The molecule has 122 valence electrons. The summed E-state index contributed by atoms with van der Waals surface area (Å²) in [5.74, 6) is 0. The third kappa shape index (κ3) is 5.46. The third-order valence-corrected chi connectivity index (χ3v) is 4.64. The number of nitrogens with one attached hydrogen (secondary N) is 1. The highest BCUT2D eigenvalue weighted by Crippen LogP contribution is 2.33. The van der Waals surface area contributed by atoms with E-state index < -0.39 is 0 Å². The molecular weight excluding hydrogens is 258 g/mol. The molecule has 0 aromatic carbocycles. The highest BCUT2D eigenvalue weighted by molar-refractivity contribution is 5.12. The molecule has 0 saturated heterocycles. The van der Waals surface area contributed by atoms with Gasteiger partial charge >= 0.3 is 0 Å². The van der Waals surface area contributed by atoms with Crippen LogP contribution in [0.2, 0.25) is 0 Å². The van der Waals surface area contributed by atoms with Gasteiger partial charge in [-0.3, -0.25) is 4.68 Å². The Balaban J connectivity index is 2.89. The van der Waals surface area contributed by atoms with Crippen molar-refractivity contribution in [1.82, 2.24) is 15.1 Å². The molecule has 0 fully saturated rings. The van der Waals surface area contributed by atoms with E-state index in [1.165, 1.54) is 37.1 Å². The number of aryl methyl sites for hydroxylation is 2. The van der Waals surface area contributed by atoms with Crippen LogP contribution in [0, 0.1) is 5.41 Å². The first-order valence-electron chi connectivity index (χ1n) is 8.71. The average molecular weight is 293 g/mol. The maximum atomic E-state index is 4.62. The number of nitrogens with zero attached hydrogens (tertiary/aromatic N) is 2. The molecule has 0 bridgehead atoms. The first kappa shape index (κ1) is 18.2. The van der Waals surface area contributed by atoms with Crippen LogP contribution in [0.1, 0.15) is 71.7 Å². The second-order valence-corrected chi connectivity index (χ2v) is 6.77. The largest absolute Gasteiger partial charge is 0.314 e. The van der Waals surface area contributed by atoms with Crippen molar-refractivity contribution in [3.05, 3.63) is 17.5 Å². The van der Waals surface area contributed by atoms with Gasteiger partial charge in [-0.1, -0.05) is 47.5 Å². The standard InChI is InChI=1S/C18H35N3/c1-7-10-11-18(9-3,14-19-15(4)5)13-17-12-16(8-2)20-21(17)6/h12,15,19H,7-11,13-14H2,1-6H3. The molecule has 0 spiro atoms. The minimum absolute atomic E-state index is 0.360. The summed E-state index contributed by atoms with van der Waals surface area (Å²) in [5, 5.41) is 8.30. The van der Waals surface area contributed by atoms with Crippen LogP contribution in [0.25, 0.3) is 0 Å². The first-order valence-corrected chi connectivity index (χ1v) is 8.71. The molecule has 21 heavy (non-hydrogen) atoms. The normalized spacial score (nSPS) is 14.6. The highest BCUT2D eigenvalue weighted by Gasteiger charge is 2.29. The van der Waals surface area contributed by atoms with Crippen LogP contribution in [0.4, 0.5) is 0 Å². The van der Waals surface area contributed by atoms with Gasteiger partial charge in [0.25, 0.3) is 0 Å². The van der Waals surface area contributed by atoms with Crippen LogP contribution < -0.4 is 5.32 Å². The lowest BCUT2D eigenvalue weighted by Crippen LogP contribution is -2.39. The molecular formula is C18H35N3. The number of hydrogen-bond donors (Lipinski definition) is 1. The fourth-order valence-corrected chi connectivity index (χ4v) is 2.93. The molecule has 1 N–H and O–H groups in total. The van der Waals surface area contributed by atoms with Crippen LogP contribution in [-0.2, 0) is 19.9 Å². The van der Waals surface area contributed by atoms with Crippen LogP contribution in [0.3, 0.4) is 0 Å². The summed E-state index contributed by atoms with van der Waals surface area (Å²) in [7, 11) is 2.09. The number of unbranched alkanes of at least 4 members (excludes halogenated alkanes) is 1. The quantitative estimate of drug-likeness (QED) is 0.703. The summed E-state index contributed by atoms with van der Waals surface area (Å²) >= 11 is 0. The SMILES string of the molecule is CCCCC(CC)(CNC(C)C)Cc1cc(CC)nn1C. The van der Waals surface area contributed by atoms with Gasteiger partial charge in [-0.05, 0) is 37.2 Å². The molecule has 0 saturated carbocycles. The van der Waals surface area contributed by atoms with Crippen molar-refractivity contribution in [2.24, 2.45) is 12.5 Å². The van der Waals surface area contributed by atoms with Crippen molar-refractivity contribution in [3.8, 4) is 0 Å². The Kier molecular flexibility index (Phi) is 7.44. The molecule has 3 heteroatoms. The lowest BCUT2D eigenvalue weighted by molar-refractivity contribution is 0.218. The minimum atomic E-state index is 0.360. The van der Waals surface area contributed by atoms with E-state index >= 15 is 0 Å². The van der Waals surface area contributed by atoms with E-state index in [0.29, 0.717) is 11.5 Å². The molecule has 0 aliphatic carbocycles. The zero-order chi connectivity index (χ0) is 15.9. The second-order valence-electron chi connectivity index (χ2n) is 6.77. The van der Waals surface area contributed by atoms with Crippen LogP contribution in [-0.4, -0.2) is 22.4 Å². The van der Waals surface area contributed by atoms with Gasteiger partial charge in [0, 0.05) is 25.3 Å². The Morgan fingerprint density at radius 2 is 2.00 bits per heavy atom. The summed E-state index contributed by atoms with van der Waals surface area (Å²) in [6, 6.07) is 2.85. The van der Waals surface area contributed by atoms with Gasteiger partial charge < -0.3 is 5.32 Å². The topological polar surface area (TPSA) is 29.9 Å². The molecule has 0 radical (unpaired) electrons. The van der Waals surface area contributed by atoms with Crippen LogP contribution >= 0.6 is 0 Å². The van der Waals surface area contributed by atoms with E-state index in [2.05, 4.69) is 62.8 Å². The summed E-state index contributed by atoms with van der Waals surface area (Å²) in [6.07, 6.45) is 7.26. The predicted molar refractivity (Wildman–Crippen MR) is 91.7 cm³/mol. The van der Waals surface area contributed by atoms with Crippen LogP contribution in [0.5, 0.6) is 0 Å². The van der Waals surface area contributed by atoms with Crippen molar-refractivity contribution < 1.29 is 0 Å². The average Bonchev–Trinajstić information content (AvgIpc) is 2.82. The van der Waals surface area contributed by atoms with E-state index in [0.717, 1.165) is 19.4 Å². The van der Waals surface area contributed by atoms with E-state index in [4.69, 9.17) is 0 Å².